The molecule has 0 amide bonds. The molecular weight excluding hydrogens is 556 g/mol. The summed E-state index contributed by atoms with van der Waals surface area (Å²) < 4.78 is 38.1. The Hall–Kier alpha value is -3.17. The van der Waals surface area contributed by atoms with Gasteiger partial charge in [-0.25, -0.2) is 0 Å². The number of ketones is 1. The van der Waals surface area contributed by atoms with Crippen LogP contribution in [0.3, 0.4) is 0 Å². The molecule has 0 spiro atoms. The largest absolute Gasteiger partial charge is 0.368 e. The Morgan fingerprint density at radius 2 is 1.27 bits per heavy atom. The van der Waals surface area contributed by atoms with Crippen molar-refractivity contribution >= 4 is 5.78 Å². The number of hydrogen-bond donors (Lipinski definition) is 0. The first kappa shape index (κ1) is 32.2. The van der Waals surface area contributed by atoms with E-state index >= 15 is 0 Å². The summed E-state index contributed by atoms with van der Waals surface area (Å²) >= 11 is 0. The van der Waals surface area contributed by atoms with E-state index in [0.717, 1.165) is 23.1 Å². The fourth-order valence-corrected chi connectivity index (χ4v) is 5.64. The van der Waals surface area contributed by atoms with E-state index in [9.17, 15) is 4.79 Å². The molecule has 2 fully saturated rings. The summed E-state index contributed by atoms with van der Waals surface area (Å²) in [6, 6.07) is 30.0. The SMILES string of the molecule is CCC[C@H]1O[C@H](C(=O)/C=C/[C@H]2COC(C)(C)O2)[C@@H](OCc2ccccc2)[C@H](OCc2ccccc2)[C@H]1OCc1ccccc1. The second kappa shape index (κ2) is 15.7. The molecule has 6 atom stereocenters. The van der Waals surface area contributed by atoms with Crippen LogP contribution < -0.4 is 0 Å². The molecule has 2 saturated heterocycles. The normalized spacial score (nSPS) is 26.6. The van der Waals surface area contributed by atoms with Crippen LogP contribution >= 0.6 is 0 Å². The fraction of sp³-hybridized carbons (Fsp3) is 0.432. The third-order valence-corrected chi connectivity index (χ3v) is 7.85. The van der Waals surface area contributed by atoms with Gasteiger partial charge in [-0.1, -0.05) is 104 Å². The van der Waals surface area contributed by atoms with Crippen LogP contribution in [0, 0.1) is 0 Å². The van der Waals surface area contributed by atoms with E-state index in [0.29, 0.717) is 32.8 Å². The zero-order chi connectivity index (χ0) is 30.8. The summed E-state index contributed by atoms with van der Waals surface area (Å²) in [6.45, 7) is 7.24. The van der Waals surface area contributed by atoms with E-state index in [1.54, 1.807) is 12.2 Å². The third kappa shape index (κ3) is 8.94. The lowest BCUT2D eigenvalue weighted by atomic mass is 9.90. The van der Waals surface area contributed by atoms with Gasteiger partial charge >= 0.3 is 0 Å². The van der Waals surface area contributed by atoms with Crippen molar-refractivity contribution in [1.29, 1.82) is 0 Å². The van der Waals surface area contributed by atoms with Crippen molar-refractivity contribution in [3.63, 3.8) is 0 Å². The Morgan fingerprint density at radius 3 is 1.75 bits per heavy atom. The molecule has 5 rings (SSSR count). The van der Waals surface area contributed by atoms with Crippen molar-refractivity contribution in [2.75, 3.05) is 6.61 Å². The molecule has 2 aliphatic rings. The molecule has 7 nitrogen and oxygen atoms in total. The lowest BCUT2D eigenvalue weighted by Crippen LogP contribution is -2.61. The fourth-order valence-electron chi connectivity index (χ4n) is 5.64. The number of benzene rings is 3. The first-order valence-electron chi connectivity index (χ1n) is 15.6. The molecule has 0 saturated carbocycles. The Balaban J connectivity index is 1.44. The van der Waals surface area contributed by atoms with Crippen molar-refractivity contribution in [1.82, 2.24) is 0 Å². The second-order valence-electron chi connectivity index (χ2n) is 11.8. The lowest BCUT2D eigenvalue weighted by Gasteiger charge is -2.45. The minimum Gasteiger partial charge on any atom is -0.368 e. The summed E-state index contributed by atoms with van der Waals surface area (Å²) in [7, 11) is 0. The molecule has 0 bridgehead atoms. The van der Waals surface area contributed by atoms with Gasteiger partial charge in [-0.05, 0) is 49.1 Å². The number of rotatable bonds is 14. The van der Waals surface area contributed by atoms with Crippen molar-refractivity contribution in [2.24, 2.45) is 0 Å². The minimum absolute atomic E-state index is 0.202. The van der Waals surface area contributed by atoms with Crippen molar-refractivity contribution in [3.8, 4) is 0 Å². The molecule has 44 heavy (non-hydrogen) atoms. The van der Waals surface area contributed by atoms with Crippen LogP contribution in [-0.4, -0.2) is 54.8 Å². The Bertz CT molecular complexity index is 1310. The van der Waals surface area contributed by atoms with Gasteiger partial charge in [-0.15, -0.1) is 0 Å². The first-order chi connectivity index (χ1) is 21.4. The van der Waals surface area contributed by atoms with Gasteiger partial charge in [0.15, 0.2) is 11.6 Å². The zero-order valence-electron chi connectivity index (χ0n) is 25.9. The number of carbonyl (C=O) groups excluding carboxylic acids is 1. The zero-order valence-corrected chi connectivity index (χ0v) is 25.9. The van der Waals surface area contributed by atoms with Crippen molar-refractivity contribution < 1.29 is 33.2 Å². The molecule has 0 N–H and O–H groups in total. The monoisotopic (exact) mass is 600 g/mol. The van der Waals surface area contributed by atoms with E-state index in [1.807, 2.05) is 105 Å². The average molecular weight is 601 g/mol. The van der Waals surface area contributed by atoms with E-state index in [-0.39, 0.29) is 18.0 Å². The maximum Gasteiger partial charge on any atom is 0.186 e. The molecule has 2 aliphatic heterocycles. The van der Waals surface area contributed by atoms with Crippen molar-refractivity contribution in [3.05, 3.63) is 120 Å². The highest BCUT2D eigenvalue weighted by atomic mass is 16.7. The molecule has 234 valence electrons. The van der Waals surface area contributed by atoms with Crippen LogP contribution in [0.2, 0.25) is 0 Å². The summed E-state index contributed by atoms with van der Waals surface area (Å²) in [5.41, 5.74) is 3.07. The number of ether oxygens (including phenoxy) is 6. The van der Waals surface area contributed by atoms with Crippen LogP contribution in [0.25, 0.3) is 0 Å². The Kier molecular flexibility index (Phi) is 11.5. The van der Waals surface area contributed by atoms with Crippen LogP contribution in [0.1, 0.15) is 50.3 Å². The molecule has 0 unspecified atom stereocenters. The Labute approximate surface area is 261 Å². The molecule has 0 aromatic heterocycles. The van der Waals surface area contributed by atoms with Gasteiger partial charge < -0.3 is 28.4 Å². The van der Waals surface area contributed by atoms with E-state index in [4.69, 9.17) is 28.4 Å². The molecule has 0 radical (unpaired) electrons. The predicted octanol–water partition coefficient (Wildman–Crippen LogP) is 6.59. The number of hydrogen-bond acceptors (Lipinski definition) is 7. The Morgan fingerprint density at radius 1 is 0.773 bits per heavy atom. The van der Waals surface area contributed by atoms with E-state index < -0.39 is 30.2 Å². The van der Waals surface area contributed by atoms with Gasteiger partial charge in [-0.3, -0.25) is 4.79 Å². The smallest absolute Gasteiger partial charge is 0.186 e. The van der Waals surface area contributed by atoms with Gasteiger partial charge in [0.1, 0.15) is 30.5 Å². The lowest BCUT2D eigenvalue weighted by molar-refractivity contribution is -0.259. The summed E-state index contributed by atoms with van der Waals surface area (Å²) in [6.07, 6.45) is 1.53. The molecule has 0 aliphatic carbocycles. The van der Waals surface area contributed by atoms with E-state index in [2.05, 4.69) is 6.92 Å². The molecular formula is C37H44O7. The first-order valence-corrected chi connectivity index (χ1v) is 15.6. The van der Waals surface area contributed by atoms with Crippen LogP contribution in [0.15, 0.2) is 103 Å². The van der Waals surface area contributed by atoms with Crippen LogP contribution in [0.5, 0.6) is 0 Å². The summed E-state index contributed by atoms with van der Waals surface area (Å²) in [4.78, 5) is 13.9. The van der Waals surface area contributed by atoms with Gasteiger partial charge in [-0.2, -0.15) is 0 Å². The maximum atomic E-state index is 13.9. The van der Waals surface area contributed by atoms with Gasteiger partial charge in [0.25, 0.3) is 0 Å². The summed E-state index contributed by atoms with van der Waals surface area (Å²) in [5.74, 6) is -0.889. The van der Waals surface area contributed by atoms with Gasteiger partial charge in [0.2, 0.25) is 0 Å². The van der Waals surface area contributed by atoms with Gasteiger partial charge in [0.05, 0.1) is 32.5 Å². The highest BCUT2D eigenvalue weighted by Gasteiger charge is 2.50. The highest BCUT2D eigenvalue weighted by Crippen LogP contribution is 2.33. The predicted molar refractivity (Wildman–Crippen MR) is 168 cm³/mol. The molecule has 3 aromatic rings. The summed E-state index contributed by atoms with van der Waals surface area (Å²) in [5, 5.41) is 0. The standard InChI is InChI=1S/C37H44O7/c1-4-14-32-34(39-23-27-15-8-5-9-16-27)36(41-25-29-19-12-7-13-20-29)35(40-24-28-17-10-6-11-18-28)33(43-32)31(38)22-21-30-26-42-37(2,3)44-30/h5-13,15-22,30,32-36H,4,14,23-26H2,1-3H3/b22-21+/t30-,32+,33+,34-,35+,36+/m0/s1. The van der Waals surface area contributed by atoms with Crippen molar-refractivity contribution in [2.45, 2.75) is 95.8 Å². The topological polar surface area (TPSA) is 72.5 Å². The van der Waals surface area contributed by atoms with Crippen LogP contribution in [0.4, 0.5) is 0 Å². The molecule has 3 aromatic carbocycles. The third-order valence-electron chi connectivity index (χ3n) is 7.85. The highest BCUT2D eigenvalue weighted by molar-refractivity contribution is 5.94. The average Bonchev–Trinajstić information content (AvgIpc) is 3.40. The van der Waals surface area contributed by atoms with Gasteiger partial charge in [0, 0.05) is 0 Å². The van der Waals surface area contributed by atoms with E-state index in [1.165, 1.54) is 0 Å². The maximum absolute atomic E-state index is 13.9. The second-order valence-corrected chi connectivity index (χ2v) is 11.8. The number of carbonyl (C=O) groups is 1. The molecule has 7 heteroatoms. The van der Waals surface area contributed by atoms with Crippen LogP contribution in [-0.2, 0) is 53.0 Å². The quantitative estimate of drug-likeness (QED) is 0.193. The molecule has 2 heterocycles. The minimum atomic E-state index is -0.890.